The third-order valence-corrected chi connectivity index (χ3v) is 10.5. The average molecular weight is 713 g/mol. The predicted molar refractivity (Wildman–Crippen MR) is 223 cm³/mol. The van der Waals surface area contributed by atoms with Crippen LogP contribution in [0.15, 0.2) is 48.6 Å². The molecule has 0 aromatic carbocycles. The summed E-state index contributed by atoms with van der Waals surface area (Å²) in [4.78, 5) is 16.3. The number of likely N-dealkylation sites (tertiary alicyclic amines) is 1. The summed E-state index contributed by atoms with van der Waals surface area (Å²) in [6.07, 6.45) is 51.6. The fourth-order valence-electron chi connectivity index (χ4n) is 7.09. The Kier molecular flexibility index (Phi) is 33.8. The molecule has 1 aliphatic heterocycles. The van der Waals surface area contributed by atoms with Crippen molar-refractivity contribution in [1.29, 1.82) is 0 Å². The number of allylic oxidation sites excluding steroid dienone is 8. The van der Waals surface area contributed by atoms with Crippen molar-refractivity contribution in [2.75, 3.05) is 33.3 Å². The van der Waals surface area contributed by atoms with Crippen molar-refractivity contribution in [3.8, 4) is 0 Å². The molecule has 51 heavy (non-hydrogen) atoms. The van der Waals surface area contributed by atoms with Crippen molar-refractivity contribution in [3.05, 3.63) is 48.6 Å². The van der Waals surface area contributed by atoms with Gasteiger partial charge in [-0.1, -0.05) is 140 Å². The molecule has 0 radical (unpaired) electrons. The van der Waals surface area contributed by atoms with Crippen LogP contribution in [0, 0.1) is 0 Å². The molecule has 0 spiro atoms. The minimum absolute atomic E-state index is 0.00215. The Hall–Kier alpha value is -1.85. The third-order valence-electron chi connectivity index (χ3n) is 10.5. The lowest BCUT2D eigenvalue weighted by Crippen LogP contribution is -2.39. The van der Waals surface area contributed by atoms with Crippen LogP contribution in [-0.4, -0.2) is 66.4 Å². The van der Waals surface area contributed by atoms with Gasteiger partial charge in [-0.2, -0.15) is 0 Å². The van der Waals surface area contributed by atoms with Crippen molar-refractivity contribution in [1.82, 2.24) is 9.80 Å². The number of hydrogen-bond donors (Lipinski definition) is 1. The molecule has 5 heteroatoms. The van der Waals surface area contributed by atoms with Crippen molar-refractivity contribution >= 4 is 6.09 Å². The van der Waals surface area contributed by atoms with E-state index in [1.165, 1.54) is 141 Å². The molecule has 0 aromatic rings. The zero-order valence-corrected chi connectivity index (χ0v) is 34.1. The van der Waals surface area contributed by atoms with Gasteiger partial charge < -0.3 is 19.6 Å². The smallest absolute Gasteiger partial charge is 0.407 e. The third kappa shape index (κ3) is 30.3. The van der Waals surface area contributed by atoms with Crippen LogP contribution >= 0.6 is 0 Å². The van der Waals surface area contributed by atoms with E-state index in [1.807, 2.05) is 0 Å². The van der Waals surface area contributed by atoms with Crippen LogP contribution < -0.4 is 0 Å². The van der Waals surface area contributed by atoms with Crippen molar-refractivity contribution in [2.24, 2.45) is 0 Å². The fourth-order valence-corrected chi connectivity index (χ4v) is 7.09. The first-order chi connectivity index (χ1) is 25.1. The number of hydrogen-bond acceptors (Lipinski definition) is 3. The summed E-state index contributed by atoms with van der Waals surface area (Å²) in [5.41, 5.74) is 0. The summed E-state index contributed by atoms with van der Waals surface area (Å²) in [6.45, 7) is 7.57. The summed E-state index contributed by atoms with van der Waals surface area (Å²) in [7, 11) is 2.23. The van der Waals surface area contributed by atoms with E-state index in [0.29, 0.717) is 19.1 Å². The Morgan fingerprint density at radius 3 is 1.63 bits per heavy atom. The quantitative estimate of drug-likeness (QED) is 0.0519. The number of rotatable bonds is 36. The number of ether oxygens (including phenoxy) is 1. The SMILES string of the molecule is CCCCCC=CCC=CCCCCCCCCOC(CCC1CCCN1C)CN(CCCCCCCCC=CCC=CCCCCC)C(=O)O. The van der Waals surface area contributed by atoms with E-state index in [0.717, 1.165) is 51.6 Å². The number of carboxylic acid groups (broad SMARTS) is 1. The highest BCUT2D eigenvalue weighted by Crippen LogP contribution is 2.22. The Morgan fingerprint density at radius 2 is 1.16 bits per heavy atom. The second kappa shape index (κ2) is 36.5. The average Bonchev–Trinajstić information content (AvgIpc) is 3.54. The molecular weight excluding hydrogens is 629 g/mol. The second-order valence-corrected chi connectivity index (χ2v) is 15.2. The first-order valence-electron chi connectivity index (χ1n) is 22.0. The van der Waals surface area contributed by atoms with Gasteiger partial charge in [-0.3, -0.25) is 0 Å². The van der Waals surface area contributed by atoms with Crippen LogP contribution in [0.2, 0.25) is 0 Å². The van der Waals surface area contributed by atoms with E-state index >= 15 is 0 Å². The van der Waals surface area contributed by atoms with Gasteiger partial charge in [-0.15, -0.1) is 0 Å². The van der Waals surface area contributed by atoms with Gasteiger partial charge in [-0.05, 0) is 116 Å². The Labute approximate surface area is 317 Å². The summed E-state index contributed by atoms with van der Waals surface area (Å²) >= 11 is 0. The van der Waals surface area contributed by atoms with E-state index in [-0.39, 0.29) is 6.10 Å². The van der Waals surface area contributed by atoms with Crippen LogP contribution in [0.1, 0.15) is 194 Å². The summed E-state index contributed by atoms with van der Waals surface area (Å²) in [5.74, 6) is 0. The molecule has 0 bridgehead atoms. The predicted octanol–water partition coefficient (Wildman–Crippen LogP) is 13.9. The minimum Gasteiger partial charge on any atom is -0.465 e. The summed E-state index contributed by atoms with van der Waals surface area (Å²) in [5, 5.41) is 10.0. The topological polar surface area (TPSA) is 53.0 Å². The van der Waals surface area contributed by atoms with Crippen molar-refractivity contribution in [3.63, 3.8) is 0 Å². The summed E-state index contributed by atoms with van der Waals surface area (Å²) in [6, 6.07) is 0.615. The molecule has 2 atom stereocenters. The molecule has 1 N–H and O–H groups in total. The minimum atomic E-state index is -0.794. The van der Waals surface area contributed by atoms with Crippen LogP contribution in [0.3, 0.4) is 0 Å². The molecule has 1 fully saturated rings. The number of carbonyl (C=O) groups is 1. The molecule has 0 saturated carbocycles. The van der Waals surface area contributed by atoms with Crippen LogP contribution in [-0.2, 0) is 4.74 Å². The first-order valence-corrected chi connectivity index (χ1v) is 22.0. The second-order valence-electron chi connectivity index (χ2n) is 15.2. The molecule has 0 aromatic heterocycles. The monoisotopic (exact) mass is 713 g/mol. The zero-order chi connectivity index (χ0) is 36.9. The molecule has 1 aliphatic rings. The lowest BCUT2D eigenvalue weighted by molar-refractivity contribution is 0.0160. The van der Waals surface area contributed by atoms with E-state index in [9.17, 15) is 9.90 Å². The number of nitrogens with zero attached hydrogens (tertiary/aromatic N) is 2. The molecule has 1 heterocycles. The van der Waals surface area contributed by atoms with Gasteiger partial charge in [0, 0.05) is 19.2 Å². The fraction of sp³-hybridized carbons (Fsp3) is 0.804. The Bertz CT molecular complexity index is 882. The molecular formula is C46H84N2O3. The first kappa shape index (κ1) is 47.2. The highest BCUT2D eigenvalue weighted by molar-refractivity contribution is 5.64. The number of unbranched alkanes of at least 4 members (excludes halogenated alkanes) is 18. The van der Waals surface area contributed by atoms with Crippen LogP contribution in [0.5, 0.6) is 0 Å². The Morgan fingerprint density at radius 1 is 0.686 bits per heavy atom. The van der Waals surface area contributed by atoms with Gasteiger partial charge in [-0.25, -0.2) is 4.79 Å². The standard InChI is InChI=1S/C46H84N2O3/c1-4-6-8-10-12-14-16-18-20-22-24-26-28-30-32-34-41-48(46(49)50)43-45(39-38-44-37-36-40-47(44)3)51-42-35-33-31-29-27-25-23-21-19-17-15-13-11-9-7-5-2/h12-15,18-21,44-45H,4-11,16-17,22-43H2,1-3H3,(H,49,50). The molecule has 1 rings (SSSR count). The Balaban J connectivity index is 2.23. The van der Waals surface area contributed by atoms with Gasteiger partial charge in [0.15, 0.2) is 0 Å². The van der Waals surface area contributed by atoms with E-state index in [2.05, 4.69) is 74.4 Å². The highest BCUT2D eigenvalue weighted by Gasteiger charge is 2.24. The largest absolute Gasteiger partial charge is 0.465 e. The molecule has 1 amide bonds. The van der Waals surface area contributed by atoms with Gasteiger partial charge in [0.1, 0.15) is 0 Å². The maximum Gasteiger partial charge on any atom is 0.407 e. The van der Waals surface area contributed by atoms with Crippen LogP contribution in [0.4, 0.5) is 4.79 Å². The normalized spacial score (nSPS) is 16.2. The van der Waals surface area contributed by atoms with E-state index in [1.54, 1.807) is 4.90 Å². The van der Waals surface area contributed by atoms with E-state index in [4.69, 9.17) is 4.74 Å². The molecule has 1 saturated heterocycles. The number of amides is 1. The molecule has 296 valence electrons. The lowest BCUT2D eigenvalue weighted by Gasteiger charge is -2.28. The van der Waals surface area contributed by atoms with Crippen molar-refractivity contribution in [2.45, 2.75) is 206 Å². The highest BCUT2D eigenvalue weighted by atomic mass is 16.5. The maximum atomic E-state index is 12.2. The molecule has 5 nitrogen and oxygen atoms in total. The van der Waals surface area contributed by atoms with E-state index < -0.39 is 6.09 Å². The lowest BCUT2D eigenvalue weighted by atomic mass is 10.0. The van der Waals surface area contributed by atoms with Gasteiger partial charge in [0.2, 0.25) is 0 Å². The van der Waals surface area contributed by atoms with Crippen LogP contribution in [0.25, 0.3) is 0 Å². The molecule has 0 aliphatic carbocycles. The zero-order valence-electron chi connectivity index (χ0n) is 34.1. The van der Waals surface area contributed by atoms with Gasteiger partial charge in [0.05, 0.1) is 12.6 Å². The maximum absolute atomic E-state index is 12.2. The van der Waals surface area contributed by atoms with Gasteiger partial charge >= 0.3 is 6.09 Å². The van der Waals surface area contributed by atoms with Gasteiger partial charge in [0.25, 0.3) is 0 Å². The summed E-state index contributed by atoms with van der Waals surface area (Å²) < 4.78 is 6.42. The van der Waals surface area contributed by atoms with Crippen molar-refractivity contribution < 1.29 is 14.6 Å². The molecule has 2 unspecified atom stereocenters.